The fourth-order valence-electron chi connectivity index (χ4n) is 4.86. The lowest BCUT2D eigenvalue weighted by Gasteiger charge is -2.21. The molecule has 144 valence electrons. The predicted molar refractivity (Wildman–Crippen MR) is 110 cm³/mol. The average Bonchev–Trinajstić information content (AvgIpc) is 3.31. The zero-order chi connectivity index (χ0) is 17.9. The van der Waals surface area contributed by atoms with Gasteiger partial charge in [0.25, 0.3) is 0 Å². The third-order valence-electron chi connectivity index (χ3n) is 6.81. The highest BCUT2D eigenvalue weighted by Gasteiger charge is 2.40. The summed E-state index contributed by atoms with van der Waals surface area (Å²) in [5.74, 6) is 5.95. The lowest BCUT2D eigenvalue weighted by molar-refractivity contribution is 0.303. The topological polar surface area (TPSA) is 0 Å². The molecule has 0 spiro atoms. The molecule has 0 N–H and O–H groups in total. The van der Waals surface area contributed by atoms with E-state index in [9.17, 15) is 0 Å². The van der Waals surface area contributed by atoms with Crippen LogP contribution in [0.2, 0.25) is 0 Å². The van der Waals surface area contributed by atoms with Crippen molar-refractivity contribution in [3.05, 3.63) is 0 Å². The minimum Gasteiger partial charge on any atom is -0.0654 e. The summed E-state index contributed by atoms with van der Waals surface area (Å²) in [6, 6.07) is 0. The van der Waals surface area contributed by atoms with Crippen molar-refractivity contribution in [2.24, 2.45) is 35.5 Å². The summed E-state index contributed by atoms with van der Waals surface area (Å²) in [7, 11) is 0. The van der Waals surface area contributed by atoms with Crippen molar-refractivity contribution in [3.8, 4) is 0 Å². The van der Waals surface area contributed by atoms with Gasteiger partial charge >= 0.3 is 0 Å². The van der Waals surface area contributed by atoms with E-state index < -0.39 is 0 Å². The van der Waals surface area contributed by atoms with Crippen molar-refractivity contribution in [1.29, 1.82) is 0 Å². The molecule has 0 saturated heterocycles. The van der Waals surface area contributed by atoms with Gasteiger partial charge in [-0.1, -0.05) is 99.3 Å². The van der Waals surface area contributed by atoms with Gasteiger partial charge in [-0.05, 0) is 54.8 Å². The first-order valence-corrected chi connectivity index (χ1v) is 11.5. The fraction of sp³-hybridized carbons (Fsp3) is 1.00. The van der Waals surface area contributed by atoms with Crippen LogP contribution in [0.3, 0.4) is 0 Å². The van der Waals surface area contributed by atoms with Crippen molar-refractivity contribution in [3.63, 3.8) is 0 Å². The van der Waals surface area contributed by atoms with Crippen molar-refractivity contribution in [1.82, 2.24) is 0 Å². The van der Waals surface area contributed by atoms with Crippen LogP contribution < -0.4 is 0 Å². The number of hydrogen-bond donors (Lipinski definition) is 0. The maximum Gasteiger partial charge on any atom is -0.0357 e. The second-order valence-corrected chi connectivity index (χ2v) is 9.61. The summed E-state index contributed by atoms with van der Waals surface area (Å²) in [6.07, 6.45) is 17.5. The van der Waals surface area contributed by atoms with Crippen molar-refractivity contribution >= 4 is 0 Å². The van der Waals surface area contributed by atoms with Gasteiger partial charge in [-0.25, -0.2) is 0 Å². The molecule has 0 radical (unpaired) electrons. The van der Waals surface area contributed by atoms with Gasteiger partial charge in [0, 0.05) is 0 Å². The van der Waals surface area contributed by atoms with E-state index >= 15 is 0 Å². The summed E-state index contributed by atoms with van der Waals surface area (Å²) in [5, 5.41) is 0. The fourth-order valence-corrected chi connectivity index (χ4v) is 4.86. The van der Waals surface area contributed by atoms with Crippen LogP contribution in [0.25, 0.3) is 0 Å². The molecule has 6 atom stereocenters. The van der Waals surface area contributed by atoms with Gasteiger partial charge in [-0.15, -0.1) is 0 Å². The molecule has 1 aliphatic carbocycles. The first kappa shape index (κ1) is 22.0. The Morgan fingerprint density at radius 2 is 1.46 bits per heavy atom. The smallest absolute Gasteiger partial charge is 0.0357 e. The summed E-state index contributed by atoms with van der Waals surface area (Å²) in [5.41, 5.74) is 0. The minimum atomic E-state index is 0.933. The van der Waals surface area contributed by atoms with Gasteiger partial charge in [0.1, 0.15) is 0 Å². The molecule has 0 aromatic rings. The molecule has 0 aromatic heterocycles. The van der Waals surface area contributed by atoms with Crippen LogP contribution >= 0.6 is 0 Å². The van der Waals surface area contributed by atoms with Crippen molar-refractivity contribution in [2.45, 2.75) is 119 Å². The Morgan fingerprint density at radius 1 is 0.750 bits per heavy atom. The van der Waals surface area contributed by atoms with Crippen LogP contribution in [0, 0.1) is 35.5 Å². The Balaban J connectivity index is 2.09. The van der Waals surface area contributed by atoms with Gasteiger partial charge in [0.2, 0.25) is 0 Å². The van der Waals surface area contributed by atoms with Crippen LogP contribution in [0.5, 0.6) is 0 Å². The average molecular weight is 337 g/mol. The van der Waals surface area contributed by atoms with E-state index in [-0.39, 0.29) is 0 Å². The Bertz CT molecular complexity index is 294. The standard InChI is InChI=1S/C24H48/c1-7-9-10-11-13-20(4)16-21(5)17-22(6)24-18-23(24)15-12-14-19(3)8-2/h19-24H,7-18H2,1-6H3. The molecule has 0 aromatic carbocycles. The normalized spacial score (nSPS) is 25.2. The van der Waals surface area contributed by atoms with Crippen molar-refractivity contribution < 1.29 is 0 Å². The zero-order valence-corrected chi connectivity index (χ0v) is 17.9. The lowest BCUT2D eigenvalue weighted by Crippen LogP contribution is -2.10. The Kier molecular flexibility index (Phi) is 11.4. The van der Waals surface area contributed by atoms with E-state index in [1.165, 1.54) is 70.6 Å². The SMILES string of the molecule is CCCCCCC(C)CC(C)CC(C)C1CC1CCCC(C)CC. The van der Waals surface area contributed by atoms with Crippen LogP contribution in [-0.2, 0) is 0 Å². The van der Waals surface area contributed by atoms with Crippen LogP contribution in [0.4, 0.5) is 0 Å². The van der Waals surface area contributed by atoms with E-state index in [0.717, 1.165) is 35.5 Å². The van der Waals surface area contributed by atoms with Crippen molar-refractivity contribution in [2.75, 3.05) is 0 Å². The number of hydrogen-bond acceptors (Lipinski definition) is 0. The Morgan fingerprint density at radius 3 is 2.12 bits per heavy atom. The van der Waals surface area contributed by atoms with E-state index in [4.69, 9.17) is 0 Å². The van der Waals surface area contributed by atoms with Gasteiger partial charge < -0.3 is 0 Å². The van der Waals surface area contributed by atoms with Gasteiger partial charge in [0.15, 0.2) is 0 Å². The second-order valence-electron chi connectivity index (χ2n) is 9.61. The maximum atomic E-state index is 2.54. The quantitative estimate of drug-likeness (QED) is 0.263. The maximum absolute atomic E-state index is 2.54. The molecule has 1 rings (SSSR count). The molecule has 0 amide bonds. The van der Waals surface area contributed by atoms with Crippen LogP contribution in [0.1, 0.15) is 119 Å². The molecule has 0 bridgehead atoms. The second kappa shape index (κ2) is 12.4. The van der Waals surface area contributed by atoms with Crippen LogP contribution in [0.15, 0.2) is 0 Å². The monoisotopic (exact) mass is 336 g/mol. The summed E-state index contributed by atoms with van der Waals surface area (Å²) < 4.78 is 0. The predicted octanol–water partition coefficient (Wildman–Crippen LogP) is 8.50. The van der Waals surface area contributed by atoms with E-state index in [1.54, 1.807) is 6.42 Å². The molecule has 0 aliphatic heterocycles. The summed E-state index contributed by atoms with van der Waals surface area (Å²) in [6.45, 7) is 14.6. The molecule has 1 saturated carbocycles. The Hall–Kier alpha value is 0. The zero-order valence-electron chi connectivity index (χ0n) is 17.9. The highest BCUT2D eigenvalue weighted by molar-refractivity contribution is 4.90. The number of unbranched alkanes of at least 4 members (excludes halogenated alkanes) is 3. The highest BCUT2D eigenvalue weighted by atomic mass is 14.5. The van der Waals surface area contributed by atoms with Gasteiger partial charge in [-0.3, -0.25) is 0 Å². The molecule has 0 nitrogen and oxygen atoms in total. The third-order valence-corrected chi connectivity index (χ3v) is 6.81. The minimum absolute atomic E-state index is 0.933. The molecule has 0 heterocycles. The van der Waals surface area contributed by atoms with Crippen LogP contribution in [-0.4, -0.2) is 0 Å². The summed E-state index contributed by atoms with van der Waals surface area (Å²) >= 11 is 0. The third kappa shape index (κ3) is 9.47. The molecule has 0 heteroatoms. The van der Waals surface area contributed by atoms with E-state index in [0.29, 0.717) is 0 Å². The van der Waals surface area contributed by atoms with Gasteiger partial charge in [-0.2, -0.15) is 0 Å². The molecule has 1 aliphatic rings. The Labute approximate surface area is 154 Å². The number of rotatable bonds is 15. The molecular weight excluding hydrogens is 288 g/mol. The first-order valence-electron chi connectivity index (χ1n) is 11.5. The summed E-state index contributed by atoms with van der Waals surface area (Å²) in [4.78, 5) is 0. The largest absolute Gasteiger partial charge is 0.0654 e. The molecule has 24 heavy (non-hydrogen) atoms. The van der Waals surface area contributed by atoms with E-state index in [2.05, 4.69) is 41.5 Å². The molecular formula is C24H48. The molecule has 6 unspecified atom stereocenters. The lowest BCUT2D eigenvalue weighted by atomic mass is 9.85. The van der Waals surface area contributed by atoms with E-state index in [1.807, 2.05) is 0 Å². The highest BCUT2D eigenvalue weighted by Crippen LogP contribution is 2.49. The molecule has 1 fully saturated rings. The van der Waals surface area contributed by atoms with Gasteiger partial charge in [0.05, 0.1) is 0 Å². The first-order chi connectivity index (χ1) is 11.5.